The number of phenols is 1. The van der Waals surface area contributed by atoms with Gasteiger partial charge in [0.25, 0.3) is 5.91 Å². The van der Waals surface area contributed by atoms with Crippen molar-refractivity contribution in [1.29, 1.82) is 0 Å². The molecular formula is C17H20N2O2. The molecule has 4 nitrogen and oxygen atoms in total. The molecule has 0 bridgehead atoms. The van der Waals surface area contributed by atoms with E-state index in [-0.39, 0.29) is 17.2 Å². The summed E-state index contributed by atoms with van der Waals surface area (Å²) in [5.74, 6) is -0.0257. The second-order valence-corrected chi connectivity index (χ2v) is 6.22. The van der Waals surface area contributed by atoms with Crippen LogP contribution >= 0.6 is 0 Å². The fourth-order valence-corrected chi connectivity index (χ4v) is 2.91. The molecule has 1 aliphatic heterocycles. The molecule has 21 heavy (non-hydrogen) atoms. The third kappa shape index (κ3) is 2.59. The molecule has 0 unspecified atom stereocenters. The monoisotopic (exact) mass is 284 g/mol. The molecule has 110 valence electrons. The van der Waals surface area contributed by atoms with E-state index >= 15 is 0 Å². The number of carbonyl (C=O) groups excluding carboxylic acids is 1. The first-order chi connectivity index (χ1) is 9.98. The smallest absolute Gasteiger partial charge is 0.257 e. The second kappa shape index (κ2) is 5.04. The van der Waals surface area contributed by atoms with Crippen LogP contribution in [0.1, 0.15) is 24.2 Å². The van der Waals surface area contributed by atoms with Crippen molar-refractivity contribution in [1.82, 2.24) is 10.2 Å². The summed E-state index contributed by atoms with van der Waals surface area (Å²) >= 11 is 0. The van der Waals surface area contributed by atoms with E-state index in [1.54, 1.807) is 11.0 Å². The number of fused-ring (bicyclic) bond motifs is 1. The molecule has 2 aromatic carbocycles. The maximum Gasteiger partial charge on any atom is 0.257 e. The van der Waals surface area contributed by atoms with Gasteiger partial charge in [-0.25, -0.2) is 0 Å². The van der Waals surface area contributed by atoms with Gasteiger partial charge < -0.3 is 15.3 Å². The van der Waals surface area contributed by atoms with Crippen molar-refractivity contribution >= 4 is 16.7 Å². The third-order valence-electron chi connectivity index (χ3n) is 3.99. The van der Waals surface area contributed by atoms with Gasteiger partial charge in [0.1, 0.15) is 5.75 Å². The minimum absolute atomic E-state index is 0.0782. The van der Waals surface area contributed by atoms with E-state index in [9.17, 15) is 9.90 Å². The summed E-state index contributed by atoms with van der Waals surface area (Å²) in [7, 11) is 0. The van der Waals surface area contributed by atoms with E-state index < -0.39 is 0 Å². The quantitative estimate of drug-likeness (QED) is 0.845. The number of hydrogen-bond donors (Lipinski definition) is 2. The fraction of sp³-hybridized carbons (Fsp3) is 0.353. The number of nitrogens with one attached hydrogen (secondary N) is 1. The molecule has 1 heterocycles. The molecule has 3 rings (SSSR count). The summed E-state index contributed by atoms with van der Waals surface area (Å²) < 4.78 is 0. The van der Waals surface area contributed by atoms with Crippen LogP contribution in [0.15, 0.2) is 36.4 Å². The van der Waals surface area contributed by atoms with Crippen molar-refractivity contribution in [2.24, 2.45) is 0 Å². The van der Waals surface area contributed by atoms with Gasteiger partial charge in [0.2, 0.25) is 0 Å². The summed E-state index contributed by atoms with van der Waals surface area (Å²) in [6, 6.07) is 11.2. The number of aromatic hydroxyl groups is 1. The highest BCUT2D eigenvalue weighted by atomic mass is 16.3. The summed E-state index contributed by atoms with van der Waals surface area (Å²) in [5.41, 5.74) is 0.284. The van der Waals surface area contributed by atoms with Crippen LogP contribution in [0.4, 0.5) is 0 Å². The van der Waals surface area contributed by atoms with E-state index in [0.717, 1.165) is 17.3 Å². The van der Waals surface area contributed by atoms with Gasteiger partial charge in [0, 0.05) is 30.6 Å². The maximum atomic E-state index is 12.7. The van der Waals surface area contributed by atoms with Gasteiger partial charge in [0.05, 0.1) is 5.56 Å². The minimum Gasteiger partial charge on any atom is -0.506 e. The zero-order chi connectivity index (χ0) is 15.0. The van der Waals surface area contributed by atoms with Gasteiger partial charge in [0.15, 0.2) is 0 Å². The first-order valence-electron chi connectivity index (χ1n) is 7.23. The molecule has 2 N–H and O–H groups in total. The van der Waals surface area contributed by atoms with E-state index in [0.29, 0.717) is 18.7 Å². The van der Waals surface area contributed by atoms with Crippen LogP contribution < -0.4 is 5.32 Å². The average molecular weight is 284 g/mol. The van der Waals surface area contributed by atoms with Gasteiger partial charge in [-0.15, -0.1) is 0 Å². The van der Waals surface area contributed by atoms with E-state index in [2.05, 4.69) is 19.2 Å². The maximum absolute atomic E-state index is 12.7. The number of rotatable bonds is 1. The van der Waals surface area contributed by atoms with E-state index in [1.807, 2.05) is 30.3 Å². The average Bonchev–Trinajstić information content (AvgIpc) is 2.46. The highest BCUT2D eigenvalue weighted by molar-refractivity contribution is 6.03. The van der Waals surface area contributed by atoms with Crippen LogP contribution in [-0.2, 0) is 0 Å². The lowest BCUT2D eigenvalue weighted by Crippen LogP contribution is -2.58. The Bertz CT molecular complexity index is 694. The number of benzene rings is 2. The van der Waals surface area contributed by atoms with Gasteiger partial charge in [-0.3, -0.25) is 4.79 Å². The largest absolute Gasteiger partial charge is 0.506 e. The highest BCUT2D eigenvalue weighted by Crippen LogP contribution is 2.29. The van der Waals surface area contributed by atoms with Crippen molar-refractivity contribution in [2.45, 2.75) is 19.4 Å². The van der Waals surface area contributed by atoms with Crippen LogP contribution in [-0.4, -0.2) is 41.1 Å². The second-order valence-electron chi connectivity index (χ2n) is 6.22. The lowest BCUT2D eigenvalue weighted by Gasteiger charge is -2.39. The summed E-state index contributed by atoms with van der Waals surface area (Å²) in [4.78, 5) is 14.5. The molecule has 0 saturated carbocycles. The molecule has 0 aromatic heterocycles. The van der Waals surface area contributed by atoms with E-state index in [1.165, 1.54) is 0 Å². The zero-order valence-electron chi connectivity index (χ0n) is 12.4. The summed E-state index contributed by atoms with van der Waals surface area (Å²) in [5, 5.41) is 15.5. The highest BCUT2D eigenvalue weighted by Gasteiger charge is 2.30. The zero-order valence-corrected chi connectivity index (χ0v) is 12.4. The van der Waals surface area contributed by atoms with E-state index in [4.69, 9.17) is 0 Å². The number of phenolic OH excluding ortho intramolecular Hbond substituents is 1. The van der Waals surface area contributed by atoms with Crippen molar-refractivity contribution in [3.63, 3.8) is 0 Å². The molecule has 2 aromatic rings. The molecule has 1 aliphatic rings. The molecule has 0 aliphatic carbocycles. The Morgan fingerprint density at radius 2 is 2.00 bits per heavy atom. The van der Waals surface area contributed by atoms with Crippen LogP contribution in [0.5, 0.6) is 5.75 Å². The molecule has 4 heteroatoms. The fourth-order valence-electron chi connectivity index (χ4n) is 2.91. The summed E-state index contributed by atoms with van der Waals surface area (Å²) in [6.07, 6.45) is 0. The molecule has 1 amide bonds. The van der Waals surface area contributed by atoms with Gasteiger partial charge in [-0.1, -0.05) is 30.3 Å². The molecule has 1 saturated heterocycles. The predicted molar refractivity (Wildman–Crippen MR) is 83.6 cm³/mol. The number of hydrogen-bond acceptors (Lipinski definition) is 3. The molecule has 1 fully saturated rings. The van der Waals surface area contributed by atoms with Gasteiger partial charge >= 0.3 is 0 Å². The summed E-state index contributed by atoms with van der Waals surface area (Å²) in [6.45, 7) is 6.22. The molecule has 0 atom stereocenters. The normalized spacial score (nSPS) is 17.9. The van der Waals surface area contributed by atoms with Crippen molar-refractivity contribution in [2.75, 3.05) is 19.6 Å². The number of amides is 1. The lowest BCUT2D eigenvalue weighted by atomic mass is 10.00. The number of nitrogens with zero attached hydrogens (tertiary/aromatic N) is 1. The van der Waals surface area contributed by atoms with Crippen LogP contribution in [0.25, 0.3) is 10.8 Å². The third-order valence-corrected chi connectivity index (χ3v) is 3.99. The van der Waals surface area contributed by atoms with Crippen LogP contribution in [0, 0.1) is 0 Å². The van der Waals surface area contributed by atoms with Crippen LogP contribution in [0.3, 0.4) is 0 Å². The number of piperazine rings is 1. The Balaban J connectivity index is 1.96. The minimum atomic E-state index is -0.104. The molecule has 0 spiro atoms. The Labute approximate surface area is 124 Å². The van der Waals surface area contributed by atoms with Gasteiger partial charge in [-0.05, 0) is 25.3 Å². The molecular weight excluding hydrogens is 264 g/mol. The van der Waals surface area contributed by atoms with Crippen molar-refractivity contribution in [3.8, 4) is 5.75 Å². The van der Waals surface area contributed by atoms with Crippen LogP contribution in [0.2, 0.25) is 0 Å². The molecule has 0 radical (unpaired) electrons. The SMILES string of the molecule is CC1(C)CN(C(=O)c2ccc3ccccc3c2O)CCN1. The predicted octanol–water partition coefficient (Wildman–Crippen LogP) is 2.37. The first kappa shape index (κ1) is 13.9. The Morgan fingerprint density at radius 1 is 1.24 bits per heavy atom. The first-order valence-corrected chi connectivity index (χ1v) is 7.23. The Kier molecular flexibility index (Phi) is 3.33. The van der Waals surface area contributed by atoms with Gasteiger partial charge in [-0.2, -0.15) is 0 Å². The van der Waals surface area contributed by atoms with Crippen molar-refractivity contribution < 1.29 is 9.90 Å². The van der Waals surface area contributed by atoms with Crippen molar-refractivity contribution in [3.05, 3.63) is 42.0 Å². The number of carbonyl (C=O) groups is 1. The Hall–Kier alpha value is -2.07. The Morgan fingerprint density at radius 3 is 2.76 bits per heavy atom. The lowest BCUT2D eigenvalue weighted by molar-refractivity contribution is 0.0649. The topological polar surface area (TPSA) is 52.6 Å². The standard InChI is InChI=1S/C17H20N2O2/c1-17(2)11-19(10-9-18-17)16(21)14-8-7-12-5-3-4-6-13(12)15(14)20/h3-8,18,20H,9-11H2,1-2H3.